The summed E-state index contributed by atoms with van der Waals surface area (Å²) in [5.74, 6) is -13.5. The van der Waals surface area contributed by atoms with Gasteiger partial charge in [0.1, 0.15) is 5.69 Å². The minimum atomic E-state index is -4.71. The van der Waals surface area contributed by atoms with E-state index in [0.717, 1.165) is 12.1 Å². The van der Waals surface area contributed by atoms with Crippen LogP contribution in [-0.2, 0) is 10.0 Å². The number of carbonyl (C=O) groups excluding carboxylic acids is 1. The Balaban J connectivity index is 2.80. The number of amides is 1. The highest BCUT2D eigenvalue weighted by molar-refractivity contribution is 7.92. The second kappa shape index (κ2) is 6.19. The molecule has 0 N–H and O–H groups in total. The predicted molar refractivity (Wildman–Crippen MR) is 74.3 cm³/mol. The molecule has 0 radical (unpaired) electrons. The van der Waals surface area contributed by atoms with Crippen LogP contribution in [0.15, 0.2) is 30.3 Å². The predicted octanol–water partition coefficient (Wildman–Crippen LogP) is 2.99. The number of halogens is 5. The first kappa shape index (κ1) is 17.9. The lowest BCUT2D eigenvalue weighted by molar-refractivity contribution is 0.100. The first-order valence-corrected chi connectivity index (χ1v) is 8.03. The molecule has 128 valence electrons. The first-order chi connectivity index (χ1) is 11.1. The zero-order valence-corrected chi connectivity index (χ0v) is 12.7. The van der Waals surface area contributed by atoms with Gasteiger partial charge in [0.25, 0.3) is 5.91 Å². The minimum Gasteiger partial charge on any atom is -0.268 e. The third kappa shape index (κ3) is 2.96. The molecule has 2 aromatic carbocycles. The lowest BCUT2D eigenvalue weighted by atomic mass is 10.2. The zero-order valence-electron chi connectivity index (χ0n) is 11.9. The fraction of sp³-hybridized carbons (Fsp3) is 0.0714. The van der Waals surface area contributed by atoms with Crippen LogP contribution in [0.1, 0.15) is 10.4 Å². The van der Waals surface area contributed by atoms with Crippen LogP contribution in [0.3, 0.4) is 0 Å². The number of benzene rings is 2. The van der Waals surface area contributed by atoms with Gasteiger partial charge in [0, 0.05) is 5.56 Å². The Morgan fingerprint density at radius 3 is 1.67 bits per heavy atom. The van der Waals surface area contributed by atoms with E-state index in [1.54, 1.807) is 0 Å². The molecule has 2 rings (SSSR count). The molecule has 10 heteroatoms. The third-order valence-corrected chi connectivity index (χ3v) is 3.94. The van der Waals surface area contributed by atoms with E-state index in [1.165, 1.54) is 18.2 Å². The molecule has 0 saturated heterocycles. The molecule has 0 aliphatic carbocycles. The third-order valence-electron chi connectivity index (χ3n) is 2.93. The number of nitrogens with zero attached hydrogens (tertiary/aromatic N) is 1. The van der Waals surface area contributed by atoms with E-state index in [4.69, 9.17) is 0 Å². The van der Waals surface area contributed by atoms with Crippen LogP contribution in [0, 0.1) is 29.1 Å². The number of anilines is 1. The monoisotopic (exact) mass is 365 g/mol. The van der Waals surface area contributed by atoms with Gasteiger partial charge in [-0.2, -0.15) is 4.31 Å². The molecule has 24 heavy (non-hydrogen) atoms. The van der Waals surface area contributed by atoms with Gasteiger partial charge in [-0.25, -0.2) is 30.4 Å². The Kier molecular flexibility index (Phi) is 4.61. The van der Waals surface area contributed by atoms with Gasteiger partial charge in [-0.1, -0.05) is 18.2 Å². The van der Waals surface area contributed by atoms with Crippen LogP contribution < -0.4 is 4.31 Å². The van der Waals surface area contributed by atoms with Crippen molar-refractivity contribution in [3.05, 3.63) is 65.0 Å². The molecule has 0 spiro atoms. The topological polar surface area (TPSA) is 54.5 Å². The van der Waals surface area contributed by atoms with Crippen molar-refractivity contribution in [2.75, 3.05) is 10.6 Å². The molecule has 0 unspecified atom stereocenters. The maximum atomic E-state index is 13.9. The number of hydrogen-bond acceptors (Lipinski definition) is 3. The Morgan fingerprint density at radius 1 is 0.833 bits per heavy atom. The number of carbonyl (C=O) groups is 1. The smallest absolute Gasteiger partial charge is 0.268 e. The maximum Gasteiger partial charge on any atom is 0.272 e. The molecule has 0 heterocycles. The van der Waals surface area contributed by atoms with Crippen LogP contribution >= 0.6 is 0 Å². The maximum absolute atomic E-state index is 13.9. The molecular weight excluding hydrogens is 357 g/mol. The highest BCUT2D eigenvalue weighted by Crippen LogP contribution is 2.32. The van der Waals surface area contributed by atoms with Crippen molar-refractivity contribution in [3.8, 4) is 0 Å². The largest absolute Gasteiger partial charge is 0.272 e. The van der Waals surface area contributed by atoms with Crippen LogP contribution in [0.5, 0.6) is 0 Å². The standard InChI is InChI=1S/C14H8F5NO3S/c1-24(22,23)20(14(21)7-5-3-2-4-6-7)13-11(18)9(16)8(15)10(17)12(13)19/h2-6H,1H3. The molecule has 0 aliphatic heterocycles. The van der Waals surface area contributed by atoms with Crippen molar-refractivity contribution in [2.45, 2.75) is 0 Å². The van der Waals surface area contributed by atoms with Crippen molar-refractivity contribution in [3.63, 3.8) is 0 Å². The van der Waals surface area contributed by atoms with Crippen molar-refractivity contribution >= 4 is 21.6 Å². The van der Waals surface area contributed by atoms with E-state index in [9.17, 15) is 35.2 Å². The molecule has 2 aromatic rings. The molecule has 0 atom stereocenters. The summed E-state index contributed by atoms with van der Waals surface area (Å²) in [6.45, 7) is 0. The van der Waals surface area contributed by atoms with Gasteiger partial charge in [-0.3, -0.25) is 4.79 Å². The second-order valence-electron chi connectivity index (χ2n) is 4.62. The second-order valence-corrected chi connectivity index (χ2v) is 6.45. The van der Waals surface area contributed by atoms with E-state index in [1.807, 2.05) is 0 Å². The summed E-state index contributed by atoms with van der Waals surface area (Å²) in [5, 5.41) is 0. The SMILES string of the molecule is CS(=O)(=O)N(C(=O)c1ccccc1)c1c(F)c(F)c(F)c(F)c1F. The highest BCUT2D eigenvalue weighted by atomic mass is 32.2. The Hall–Kier alpha value is -2.49. The molecule has 0 saturated carbocycles. The fourth-order valence-electron chi connectivity index (χ4n) is 1.89. The summed E-state index contributed by atoms with van der Waals surface area (Å²) >= 11 is 0. The van der Waals surface area contributed by atoms with Gasteiger partial charge in [-0.15, -0.1) is 0 Å². The summed E-state index contributed by atoms with van der Waals surface area (Å²) in [7, 11) is -4.71. The summed E-state index contributed by atoms with van der Waals surface area (Å²) < 4.78 is 90.6. The van der Waals surface area contributed by atoms with E-state index in [-0.39, 0.29) is 5.56 Å². The van der Waals surface area contributed by atoms with Crippen molar-refractivity contribution in [1.29, 1.82) is 0 Å². The van der Waals surface area contributed by atoms with E-state index in [2.05, 4.69) is 0 Å². The van der Waals surface area contributed by atoms with Gasteiger partial charge in [-0.05, 0) is 12.1 Å². The molecule has 0 aliphatic rings. The van der Waals surface area contributed by atoms with Crippen LogP contribution in [0.4, 0.5) is 27.6 Å². The molecule has 1 amide bonds. The summed E-state index contributed by atoms with van der Waals surface area (Å²) in [6, 6.07) is 6.36. The Labute approximate surface area is 133 Å². The average Bonchev–Trinajstić information content (AvgIpc) is 2.54. The molecule has 0 fully saturated rings. The molecule has 0 aromatic heterocycles. The van der Waals surface area contributed by atoms with E-state index >= 15 is 0 Å². The van der Waals surface area contributed by atoms with E-state index in [0.29, 0.717) is 6.26 Å². The number of hydrogen-bond donors (Lipinski definition) is 0. The molecule has 4 nitrogen and oxygen atoms in total. The lowest BCUT2D eigenvalue weighted by Gasteiger charge is -2.22. The van der Waals surface area contributed by atoms with Gasteiger partial charge in [0.05, 0.1) is 6.26 Å². The van der Waals surface area contributed by atoms with Crippen LogP contribution in [-0.4, -0.2) is 20.6 Å². The Bertz CT molecular complexity index is 887. The summed E-state index contributed by atoms with van der Waals surface area (Å²) in [6.07, 6.45) is 0.395. The van der Waals surface area contributed by atoms with Crippen LogP contribution in [0.25, 0.3) is 0 Å². The fourth-order valence-corrected chi connectivity index (χ4v) is 2.79. The van der Waals surface area contributed by atoms with Crippen molar-refractivity contribution in [1.82, 2.24) is 0 Å². The molecular formula is C14H8F5NO3S. The summed E-state index contributed by atoms with van der Waals surface area (Å²) in [4.78, 5) is 12.3. The van der Waals surface area contributed by atoms with Gasteiger partial charge >= 0.3 is 0 Å². The highest BCUT2D eigenvalue weighted by Gasteiger charge is 2.36. The van der Waals surface area contributed by atoms with Crippen molar-refractivity contribution < 1.29 is 35.2 Å². The lowest BCUT2D eigenvalue weighted by Crippen LogP contribution is -2.38. The van der Waals surface area contributed by atoms with Crippen molar-refractivity contribution in [2.24, 2.45) is 0 Å². The Morgan fingerprint density at radius 2 is 1.25 bits per heavy atom. The quantitative estimate of drug-likeness (QED) is 0.477. The van der Waals surface area contributed by atoms with Gasteiger partial charge in [0.15, 0.2) is 23.3 Å². The minimum absolute atomic E-state index is 0.327. The number of rotatable bonds is 3. The van der Waals surface area contributed by atoms with E-state index < -0.39 is 55.0 Å². The average molecular weight is 365 g/mol. The summed E-state index contributed by atoms with van der Waals surface area (Å²) in [5.41, 5.74) is -2.19. The van der Waals surface area contributed by atoms with Gasteiger partial charge in [0.2, 0.25) is 15.8 Å². The van der Waals surface area contributed by atoms with Crippen LogP contribution in [0.2, 0.25) is 0 Å². The zero-order chi connectivity index (χ0) is 18.2. The van der Waals surface area contributed by atoms with Gasteiger partial charge < -0.3 is 0 Å². The number of sulfonamides is 1. The normalized spacial score (nSPS) is 11.4. The molecule has 0 bridgehead atoms. The first-order valence-electron chi connectivity index (χ1n) is 6.18.